The SMILES string of the molecule is CN1CCCC(C2=Nc3c(F)c(F)cc(C(=O)O)c3C2)C1. The van der Waals surface area contributed by atoms with E-state index in [1.807, 2.05) is 7.05 Å². The number of hydrogen-bond donors (Lipinski definition) is 1. The normalized spacial score (nSPS) is 22.0. The highest BCUT2D eigenvalue weighted by Crippen LogP contribution is 2.37. The fourth-order valence-corrected chi connectivity index (χ4v) is 3.17. The zero-order valence-electron chi connectivity index (χ0n) is 11.7. The van der Waals surface area contributed by atoms with Gasteiger partial charge in [-0.2, -0.15) is 0 Å². The summed E-state index contributed by atoms with van der Waals surface area (Å²) >= 11 is 0. The van der Waals surface area contributed by atoms with Crippen LogP contribution in [0.4, 0.5) is 14.5 Å². The lowest BCUT2D eigenvalue weighted by Crippen LogP contribution is -2.36. The molecule has 0 aromatic heterocycles. The van der Waals surface area contributed by atoms with Gasteiger partial charge in [-0.25, -0.2) is 13.6 Å². The van der Waals surface area contributed by atoms with Gasteiger partial charge < -0.3 is 10.0 Å². The summed E-state index contributed by atoms with van der Waals surface area (Å²) in [6, 6.07) is 0.752. The summed E-state index contributed by atoms with van der Waals surface area (Å²) in [5, 5.41) is 9.15. The molecule has 1 saturated heterocycles. The highest BCUT2D eigenvalue weighted by molar-refractivity contribution is 6.01. The summed E-state index contributed by atoms with van der Waals surface area (Å²) in [4.78, 5) is 17.6. The van der Waals surface area contributed by atoms with Crippen LogP contribution in [0.1, 0.15) is 28.8 Å². The maximum absolute atomic E-state index is 13.9. The first-order chi connectivity index (χ1) is 9.97. The van der Waals surface area contributed by atoms with Gasteiger partial charge in [-0.3, -0.25) is 4.99 Å². The van der Waals surface area contributed by atoms with E-state index in [1.165, 1.54) is 0 Å². The maximum atomic E-state index is 13.9. The molecule has 112 valence electrons. The number of benzene rings is 1. The second-order valence-corrected chi connectivity index (χ2v) is 5.73. The van der Waals surface area contributed by atoms with E-state index in [0.29, 0.717) is 12.0 Å². The molecule has 2 aliphatic heterocycles. The average molecular weight is 294 g/mol. The van der Waals surface area contributed by atoms with Gasteiger partial charge in [0, 0.05) is 30.2 Å². The van der Waals surface area contributed by atoms with E-state index in [4.69, 9.17) is 5.11 Å². The van der Waals surface area contributed by atoms with Crippen molar-refractivity contribution in [2.75, 3.05) is 20.1 Å². The van der Waals surface area contributed by atoms with Gasteiger partial charge in [0.1, 0.15) is 5.69 Å². The number of nitrogens with zero attached hydrogens (tertiary/aromatic N) is 2. The number of carbonyl (C=O) groups is 1. The minimum atomic E-state index is -1.25. The van der Waals surface area contributed by atoms with Crippen LogP contribution in [0.25, 0.3) is 0 Å². The zero-order chi connectivity index (χ0) is 15.1. The zero-order valence-corrected chi connectivity index (χ0v) is 11.7. The number of carboxylic acids is 1. The molecule has 0 amide bonds. The number of hydrogen-bond acceptors (Lipinski definition) is 3. The molecule has 1 fully saturated rings. The number of rotatable bonds is 2. The number of halogens is 2. The number of likely N-dealkylation sites (tertiary alicyclic amines) is 1. The molecule has 0 bridgehead atoms. The molecule has 0 saturated carbocycles. The van der Waals surface area contributed by atoms with Gasteiger partial charge >= 0.3 is 5.97 Å². The molecule has 4 nitrogen and oxygen atoms in total. The van der Waals surface area contributed by atoms with Crippen molar-refractivity contribution in [2.45, 2.75) is 19.3 Å². The molecule has 1 aromatic carbocycles. The van der Waals surface area contributed by atoms with E-state index in [2.05, 4.69) is 9.89 Å². The van der Waals surface area contributed by atoms with Crippen molar-refractivity contribution in [3.05, 3.63) is 28.8 Å². The Kier molecular flexibility index (Phi) is 3.49. The molecular formula is C15H16F2N2O2. The van der Waals surface area contributed by atoms with Gasteiger partial charge in [-0.15, -0.1) is 0 Å². The molecule has 2 aliphatic rings. The standard InChI is InChI=1S/C15H16F2N2O2/c1-19-4-2-3-8(7-19)12-6-9-10(15(20)21)5-11(16)13(17)14(9)18-12/h5,8H,2-4,6-7H2,1H3,(H,20,21). The van der Waals surface area contributed by atoms with E-state index in [0.717, 1.165) is 37.7 Å². The Bertz CT molecular complexity index is 643. The Hall–Kier alpha value is -1.82. The van der Waals surface area contributed by atoms with E-state index in [-0.39, 0.29) is 17.2 Å². The summed E-state index contributed by atoms with van der Waals surface area (Å²) in [5.74, 6) is -3.27. The second-order valence-electron chi connectivity index (χ2n) is 5.73. The molecule has 0 spiro atoms. The third-order valence-corrected chi connectivity index (χ3v) is 4.24. The van der Waals surface area contributed by atoms with Crippen LogP contribution in [0.15, 0.2) is 11.1 Å². The van der Waals surface area contributed by atoms with E-state index >= 15 is 0 Å². The van der Waals surface area contributed by atoms with Gasteiger partial charge in [0.2, 0.25) is 0 Å². The third-order valence-electron chi connectivity index (χ3n) is 4.24. The fraction of sp³-hybridized carbons (Fsp3) is 0.467. The van der Waals surface area contributed by atoms with Crippen molar-refractivity contribution < 1.29 is 18.7 Å². The second kappa shape index (κ2) is 5.18. The number of aliphatic imine (C=N–C) groups is 1. The van der Waals surface area contributed by atoms with E-state index in [9.17, 15) is 13.6 Å². The lowest BCUT2D eigenvalue weighted by atomic mass is 9.90. The van der Waals surface area contributed by atoms with Gasteiger partial charge in [-0.05, 0) is 32.5 Å². The molecule has 6 heteroatoms. The van der Waals surface area contributed by atoms with Crippen LogP contribution in [-0.2, 0) is 6.42 Å². The molecule has 0 radical (unpaired) electrons. The number of piperidine rings is 1. The Labute approximate surface area is 121 Å². The Balaban J connectivity index is 1.98. The summed E-state index contributed by atoms with van der Waals surface area (Å²) in [6.45, 7) is 1.83. The van der Waals surface area contributed by atoms with Crippen LogP contribution in [0, 0.1) is 17.6 Å². The van der Waals surface area contributed by atoms with Crippen LogP contribution in [0.5, 0.6) is 0 Å². The maximum Gasteiger partial charge on any atom is 0.336 e. The van der Waals surface area contributed by atoms with Crippen LogP contribution in [-0.4, -0.2) is 41.8 Å². The molecule has 1 N–H and O–H groups in total. The summed E-state index contributed by atoms with van der Waals surface area (Å²) in [7, 11) is 2.01. The van der Waals surface area contributed by atoms with Crippen molar-refractivity contribution >= 4 is 17.4 Å². The molecule has 3 rings (SSSR count). The molecule has 1 atom stereocenters. The van der Waals surface area contributed by atoms with Gasteiger partial charge in [0.25, 0.3) is 0 Å². The van der Waals surface area contributed by atoms with Crippen molar-refractivity contribution in [3.8, 4) is 0 Å². The molecule has 0 aliphatic carbocycles. The number of fused-ring (bicyclic) bond motifs is 1. The van der Waals surface area contributed by atoms with Crippen LogP contribution >= 0.6 is 0 Å². The predicted octanol–water partition coefficient (Wildman–Crippen LogP) is 2.63. The largest absolute Gasteiger partial charge is 0.478 e. The minimum Gasteiger partial charge on any atom is -0.478 e. The lowest BCUT2D eigenvalue weighted by molar-refractivity contribution is 0.0695. The van der Waals surface area contributed by atoms with Gasteiger partial charge in [0.15, 0.2) is 11.6 Å². The van der Waals surface area contributed by atoms with Crippen molar-refractivity contribution in [3.63, 3.8) is 0 Å². The van der Waals surface area contributed by atoms with Crippen molar-refractivity contribution in [2.24, 2.45) is 10.9 Å². The first kappa shape index (κ1) is 14.1. The molecule has 2 heterocycles. The smallest absolute Gasteiger partial charge is 0.336 e. The topological polar surface area (TPSA) is 52.9 Å². The Morgan fingerprint density at radius 1 is 1.48 bits per heavy atom. The van der Waals surface area contributed by atoms with Gasteiger partial charge in [0.05, 0.1) is 5.56 Å². The predicted molar refractivity (Wildman–Crippen MR) is 74.3 cm³/mol. The number of carboxylic acid groups (broad SMARTS) is 1. The summed E-state index contributed by atoms with van der Waals surface area (Å²) in [5.41, 5.74) is 0.746. The van der Waals surface area contributed by atoms with Crippen LogP contribution < -0.4 is 0 Å². The van der Waals surface area contributed by atoms with Crippen LogP contribution in [0.2, 0.25) is 0 Å². The monoisotopic (exact) mass is 294 g/mol. The lowest BCUT2D eigenvalue weighted by Gasteiger charge is -2.29. The molecule has 1 aromatic rings. The quantitative estimate of drug-likeness (QED) is 0.912. The van der Waals surface area contributed by atoms with Crippen molar-refractivity contribution in [1.82, 2.24) is 4.90 Å². The third kappa shape index (κ3) is 2.44. The highest BCUT2D eigenvalue weighted by atomic mass is 19.2. The first-order valence-electron chi connectivity index (χ1n) is 6.97. The van der Waals surface area contributed by atoms with E-state index in [1.54, 1.807) is 0 Å². The molecule has 1 unspecified atom stereocenters. The van der Waals surface area contributed by atoms with Crippen LogP contribution in [0.3, 0.4) is 0 Å². The Morgan fingerprint density at radius 3 is 2.90 bits per heavy atom. The summed E-state index contributed by atoms with van der Waals surface area (Å²) in [6.07, 6.45) is 2.27. The van der Waals surface area contributed by atoms with E-state index < -0.39 is 17.6 Å². The first-order valence-corrected chi connectivity index (χ1v) is 6.97. The fourth-order valence-electron chi connectivity index (χ4n) is 3.17. The van der Waals surface area contributed by atoms with Gasteiger partial charge in [-0.1, -0.05) is 0 Å². The summed E-state index contributed by atoms with van der Waals surface area (Å²) < 4.78 is 27.4. The Morgan fingerprint density at radius 2 is 2.24 bits per heavy atom. The molecular weight excluding hydrogens is 278 g/mol. The number of aromatic carboxylic acids is 1. The van der Waals surface area contributed by atoms with Crippen molar-refractivity contribution in [1.29, 1.82) is 0 Å². The highest BCUT2D eigenvalue weighted by Gasteiger charge is 2.31. The average Bonchev–Trinajstić information content (AvgIpc) is 2.88. The minimum absolute atomic E-state index is 0.129. The molecule has 21 heavy (non-hydrogen) atoms.